The lowest BCUT2D eigenvalue weighted by Gasteiger charge is -2.14. The van der Waals surface area contributed by atoms with Crippen LogP contribution in [0.2, 0.25) is 0 Å². The summed E-state index contributed by atoms with van der Waals surface area (Å²) in [7, 11) is 1.49. The predicted molar refractivity (Wildman–Crippen MR) is 61.2 cm³/mol. The van der Waals surface area contributed by atoms with Crippen molar-refractivity contribution in [1.82, 2.24) is 0 Å². The van der Waals surface area contributed by atoms with E-state index in [-0.39, 0.29) is 6.10 Å². The van der Waals surface area contributed by atoms with E-state index in [2.05, 4.69) is 20.4 Å². The first-order valence-electron chi connectivity index (χ1n) is 5.54. The highest BCUT2D eigenvalue weighted by Crippen LogP contribution is 2.06. The first-order chi connectivity index (χ1) is 6.85. The molecule has 0 bridgehead atoms. The molecular formula is C11H22BO2. The van der Waals surface area contributed by atoms with Gasteiger partial charge in [-0.1, -0.05) is 32.8 Å². The maximum atomic E-state index is 5.45. The molecule has 3 heteroatoms. The molecule has 0 aromatic heterocycles. The van der Waals surface area contributed by atoms with Crippen LogP contribution in [0.25, 0.3) is 0 Å². The van der Waals surface area contributed by atoms with Gasteiger partial charge < -0.3 is 9.31 Å². The van der Waals surface area contributed by atoms with Crippen LogP contribution in [0.1, 0.15) is 46.0 Å². The first-order valence-corrected chi connectivity index (χ1v) is 5.54. The lowest BCUT2D eigenvalue weighted by molar-refractivity contribution is 0.148. The van der Waals surface area contributed by atoms with Gasteiger partial charge in [0.2, 0.25) is 0 Å². The molecule has 81 valence electrons. The van der Waals surface area contributed by atoms with E-state index < -0.39 is 0 Å². The van der Waals surface area contributed by atoms with Crippen molar-refractivity contribution in [3.8, 4) is 0 Å². The minimum Gasteiger partial charge on any atom is -0.413 e. The molecule has 0 amide bonds. The molecule has 2 nitrogen and oxygen atoms in total. The Kier molecular flexibility index (Phi) is 10.6. The summed E-state index contributed by atoms with van der Waals surface area (Å²) >= 11 is 0. The van der Waals surface area contributed by atoms with Crippen molar-refractivity contribution in [2.45, 2.75) is 52.1 Å². The summed E-state index contributed by atoms with van der Waals surface area (Å²) in [6.45, 7) is 8.75. The summed E-state index contributed by atoms with van der Waals surface area (Å²) in [5.41, 5.74) is 0. The highest BCUT2D eigenvalue weighted by atomic mass is 16.6. The third kappa shape index (κ3) is 8.33. The first kappa shape index (κ1) is 13.7. The van der Waals surface area contributed by atoms with Gasteiger partial charge >= 0.3 is 7.69 Å². The van der Waals surface area contributed by atoms with Crippen molar-refractivity contribution in [3.63, 3.8) is 0 Å². The zero-order valence-electron chi connectivity index (χ0n) is 9.50. The molecule has 0 rings (SSSR count). The molecule has 0 aliphatic rings. The van der Waals surface area contributed by atoms with E-state index >= 15 is 0 Å². The second-order valence-corrected chi connectivity index (χ2v) is 3.39. The molecule has 0 aromatic rings. The topological polar surface area (TPSA) is 18.5 Å². The van der Waals surface area contributed by atoms with Crippen LogP contribution in [0, 0.1) is 0 Å². The third-order valence-electron chi connectivity index (χ3n) is 1.97. The van der Waals surface area contributed by atoms with Crippen molar-refractivity contribution in [2.75, 3.05) is 6.61 Å². The number of rotatable bonds is 10. The molecule has 0 spiro atoms. The smallest absolute Gasteiger partial charge is 0.413 e. The van der Waals surface area contributed by atoms with Crippen molar-refractivity contribution < 1.29 is 9.31 Å². The summed E-state index contributed by atoms with van der Waals surface area (Å²) in [6.07, 6.45) is 7.43. The number of unbranched alkanes of at least 4 members (excludes halogenated alkanes) is 1. The Bertz CT molecular complexity index is 128. The second-order valence-electron chi connectivity index (χ2n) is 3.39. The van der Waals surface area contributed by atoms with E-state index in [0.29, 0.717) is 0 Å². The molecule has 0 saturated carbocycles. The Balaban J connectivity index is 3.35. The van der Waals surface area contributed by atoms with E-state index in [9.17, 15) is 0 Å². The molecule has 0 saturated heterocycles. The maximum Gasteiger partial charge on any atom is 0.488 e. The van der Waals surface area contributed by atoms with Crippen LogP contribution in [-0.4, -0.2) is 20.4 Å². The quantitative estimate of drug-likeness (QED) is 0.304. The Morgan fingerprint density at radius 1 is 1.36 bits per heavy atom. The van der Waals surface area contributed by atoms with Gasteiger partial charge in [0.1, 0.15) is 0 Å². The summed E-state index contributed by atoms with van der Waals surface area (Å²) in [5, 5.41) is 0. The van der Waals surface area contributed by atoms with Crippen molar-refractivity contribution in [3.05, 3.63) is 12.7 Å². The number of hydrogen-bond donors (Lipinski definition) is 0. The predicted octanol–water partition coefficient (Wildman–Crippen LogP) is 3.10. The molecule has 0 aromatic carbocycles. The molecule has 1 unspecified atom stereocenters. The molecule has 0 heterocycles. The molecule has 1 atom stereocenters. The molecule has 0 aliphatic carbocycles. The molecular weight excluding hydrogens is 175 g/mol. The number of hydrogen-bond acceptors (Lipinski definition) is 2. The average Bonchev–Trinajstić information content (AvgIpc) is 2.18. The molecule has 0 N–H and O–H groups in total. The van der Waals surface area contributed by atoms with E-state index in [1.165, 1.54) is 7.69 Å². The summed E-state index contributed by atoms with van der Waals surface area (Å²) < 4.78 is 10.7. The normalized spacial score (nSPS) is 12.4. The van der Waals surface area contributed by atoms with E-state index in [4.69, 9.17) is 9.31 Å². The van der Waals surface area contributed by atoms with Gasteiger partial charge in [-0.05, 0) is 19.3 Å². The summed E-state index contributed by atoms with van der Waals surface area (Å²) in [5.74, 6) is 0. The zero-order chi connectivity index (χ0) is 10.6. The van der Waals surface area contributed by atoms with Gasteiger partial charge in [0.25, 0.3) is 0 Å². The van der Waals surface area contributed by atoms with Gasteiger partial charge in [-0.3, -0.25) is 0 Å². The molecule has 14 heavy (non-hydrogen) atoms. The van der Waals surface area contributed by atoms with Gasteiger partial charge in [0.05, 0.1) is 0 Å². The maximum absolute atomic E-state index is 5.45. The van der Waals surface area contributed by atoms with Crippen LogP contribution in [0.4, 0.5) is 0 Å². The van der Waals surface area contributed by atoms with Crippen LogP contribution in [-0.2, 0) is 9.31 Å². The Hall–Kier alpha value is -0.275. The molecule has 0 fully saturated rings. The van der Waals surface area contributed by atoms with E-state index in [0.717, 1.165) is 38.7 Å². The molecule has 1 radical (unpaired) electrons. The highest BCUT2D eigenvalue weighted by Gasteiger charge is 2.06. The average molecular weight is 197 g/mol. The Labute approximate surface area is 89.0 Å². The fourth-order valence-electron chi connectivity index (χ4n) is 1.14. The summed E-state index contributed by atoms with van der Waals surface area (Å²) in [6, 6.07) is 0. The monoisotopic (exact) mass is 197 g/mol. The van der Waals surface area contributed by atoms with Gasteiger partial charge in [-0.2, -0.15) is 0 Å². The van der Waals surface area contributed by atoms with Crippen molar-refractivity contribution in [1.29, 1.82) is 0 Å². The van der Waals surface area contributed by atoms with Crippen molar-refractivity contribution >= 4 is 7.69 Å². The summed E-state index contributed by atoms with van der Waals surface area (Å²) in [4.78, 5) is 0. The van der Waals surface area contributed by atoms with Crippen LogP contribution in [0.15, 0.2) is 12.7 Å². The zero-order valence-corrected chi connectivity index (χ0v) is 9.50. The fourth-order valence-corrected chi connectivity index (χ4v) is 1.14. The van der Waals surface area contributed by atoms with E-state index in [1.807, 2.05) is 6.08 Å². The van der Waals surface area contributed by atoms with Gasteiger partial charge in [0, 0.05) is 12.7 Å². The van der Waals surface area contributed by atoms with Gasteiger partial charge in [-0.25, -0.2) is 0 Å². The lowest BCUT2D eigenvalue weighted by atomic mass is 10.1. The Morgan fingerprint density at radius 3 is 2.71 bits per heavy atom. The van der Waals surface area contributed by atoms with Gasteiger partial charge in [0.15, 0.2) is 0 Å². The van der Waals surface area contributed by atoms with E-state index in [1.54, 1.807) is 0 Å². The minimum atomic E-state index is 0.235. The van der Waals surface area contributed by atoms with Crippen LogP contribution in [0.3, 0.4) is 0 Å². The van der Waals surface area contributed by atoms with Crippen molar-refractivity contribution in [2.24, 2.45) is 0 Å². The SMILES string of the molecule is C=CCC(CCC)O[B]OCCCC. The van der Waals surface area contributed by atoms with Gasteiger partial charge in [-0.15, -0.1) is 6.58 Å². The largest absolute Gasteiger partial charge is 0.488 e. The highest BCUT2D eigenvalue weighted by molar-refractivity contribution is 6.18. The van der Waals surface area contributed by atoms with Crippen LogP contribution in [0.5, 0.6) is 0 Å². The molecule has 0 aliphatic heterocycles. The van der Waals surface area contributed by atoms with Crippen LogP contribution >= 0.6 is 0 Å². The second kappa shape index (κ2) is 10.8. The fraction of sp³-hybridized carbons (Fsp3) is 0.818. The Morgan fingerprint density at radius 2 is 2.14 bits per heavy atom. The minimum absolute atomic E-state index is 0.235. The standard InChI is InChI=1S/C11H22BO2/c1-4-7-10-13-12-14-11(8-5-2)9-6-3/h5,11H,2,4,6-10H2,1,3H3. The third-order valence-corrected chi connectivity index (χ3v) is 1.97. The van der Waals surface area contributed by atoms with Crippen LogP contribution < -0.4 is 0 Å². The lowest BCUT2D eigenvalue weighted by Crippen LogP contribution is -2.17.